The predicted molar refractivity (Wildman–Crippen MR) is 152 cm³/mol. The Balaban J connectivity index is 1.88. The van der Waals surface area contributed by atoms with E-state index in [0.29, 0.717) is 23.5 Å². The first kappa shape index (κ1) is 30.8. The Morgan fingerprint density at radius 3 is 2.00 bits per heavy atom. The molecule has 208 valence electrons. The Kier molecular flexibility index (Phi) is 12.7. The zero-order valence-corrected chi connectivity index (χ0v) is 23.4. The van der Waals surface area contributed by atoms with Crippen LogP contribution in [0.4, 0.5) is 16.2 Å². The van der Waals surface area contributed by atoms with Crippen molar-refractivity contribution in [1.29, 1.82) is 0 Å². The molecule has 9 nitrogen and oxygen atoms in total. The molecule has 0 radical (unpaired) electrons. The summed E-state index contributed by atoms with van der Waals surface area (Å²) >= 11 is 0. The average molecular weight is 526 g/mol. The molecule has 0 aliphatic rings. The lowest BCUT2D eigenvalue weighted by molar-refractivity contribution is 0.0635. The summed E-state index contributed by atoms with van der Waals surface area (Å²) in [6, 6.07) is 9.89. The minimum absolute atomic E-state index is 0.149. The number of anilines is 2. The molecule has 38 heavy (non-hydrogen) atoms. The second kappa shape index (κ2) is 15.7. The molecule has 1 aromatic heterocycles. The van der Waals surface area contributed by atoms with Crippen molar-refractivity contribution in [2.75, 3.05) is 36.8 Å². The molecule has 0 aliphatic heterocycles. The van der Waals surface area contributed by atoms with Crippen LogP contribution < -0.4 is 16.0 Å². The molecule has 0 bridgehead atoms. The summed E-state index contributed by atoms with van der Waals surface area (Å²) in [7, 11) is 0. The summed E-state index contributed by atoms with van der Waals surface area (Å²) < 4.78 is 5.28. The first-order chi connectivity index (χ1) is 18.1. The Labute approximate surface area is 226 Å². The van der Waals surface area contributed by atoms with Crippen molar-refractivity contribution < 1.29 is 19.1 Å². The van der Waals surface area contributed by atoms with E-state index in [-0.39, 0.29) is 11.6 Å². The number of hydrogen-bond donors (Lipinski definition) is 3. The van der Waals surface area contributed by atoms with Crippen molar-refractivity contribution in [3.8, 4) is 0 Å². The number of hydrogen-bond acceptors (Lipinski definition) is 6. The predicted octanol–water partition coefficient (Wildman–Crippen LogP) is 5.70. The van der Waals surface area contributed by atoms with E-state index in [1.807, 2.05) is 0 Å². The molecule has 2 rings (SSSR count). The van der Waals surface area contributed by atoms with Crippen molar-refractivity contribution in [2.24, 2.45) is 0 Å². The first-order valence-corrected chi connectivity index (χ1v) is 13.5. The van der Waals surface area contributed by atoms with Crippen molar-refractivity contribution in [3.63, 3.8) is 0 Å². The fourth-order valence-electron chi connectivity index (χ4n) is 3.67. The maximum atomic E-state index is 12.8. The van der Waals surface area contributed by atoms with Gasteiger partial charge in [-0.2, -0.15) is 0 Å². The average Bonchev–Trinajstić information content (AvgIpc) is 2.87. The summed E-state index contributed by atoms with van der Waals surface area (Å²) in [6.07, 6.45) is 6.38. The van der Waals surface area contributed by atoms with Gasteiger partial charge in [0.1, 0.15) is 11.3 Å². The molecule has 3 amide bonds. The number of amides is 3. The maximum absolute atomic E-state index is 12.8. The number of ether oxygens (including phenoxy) is 1. The van der Waals surface area contributed by atoms with E-state index in [1.54, 1.807) is 51.1 Å². The molecule has 1 aromatic carbocycles. The van der Waals surface area contributed by atoms with Crippen LogP contribution >= 0.6 is 0 Å². The fraction of sp³-hybridized carbons (Fsp3) is 0.517. The molecule has 9 heteroatoms. The highest BCUT2D eigenvalue weighted by atomic mass is 16.6. The van der Waals surface area contributed by atoms with Crippen LogP contribution in [0.2, 0.25) is 0 Å². The minimum atomic E-state index is -0.649. The molecule has 0 spiro atoms. The van der Waals surface area contributed by atoms with Crippen LogP contribution in [0.15, 0.2) is 42.6 Å². The zero-order chi connectivity index (χ0) is 28.0. The molecule has 2 aromatic rings. The third-order valence-corrected chi connectivity index (χ3v) is 5.66. The standard InChI is InChI=1S/C29H43N5O4/c1-6-8-18-34(19-9-7-2)20-12-17-30-26(35)22-15-16-25(31-21-22)27(36)32-23-13-10-11-14-24(23)33-28(37)38-29(3,4)5/h10-11,13-16,21H,6-9,12,17-20H2,1-5H3,(H,30,35)(H,32,36)(H,33,37). The number of unbranched alkanes of at least 4 members (excludes halogenated alkanes) is 2. The Morgan fingerprint density at radius 2 is 1.45 bits per heavy atom. The van der Waals surface area contributed by atoms with Crippen molar-refractivity contribution in [3.05, 3.63) is 53.9 Å². The van der Waals surface area contributed by atoms with Gasteiger partial charge >= 0.3 is 6.09 Å². The van der Waals surface area contributed by atoms with Crippen LogP contribution in [0, 0.1) is 0 Å². The number of nitrogens with one attached hydrogen (secondary N) is 3. The number of carbonyl (C=O) groups excluding carboxylic acids is 3. The van der Waals surface area contributed by atoms with Gasteiger partial charge in [-0.25, -0.2) is 4.79 Å². The van der Waals surface area contributed by atoms with Gasteiger partial charge in [0.05, 0.1) is 16.9 Å². The van der Waals surface area contributed by atoms with E-state index in [2.05, 4.69) is 39.7 Å². The molecular formula is C29H43N5O4. The zero-order valence-electron chi connectivity index (χ0n) is 23.4. The Bertz CT molecular complexity index is 1030. The van der Waals surface area contributed by atoms with E-state index in [0.717, 1.165) is 26.1 Å². The molecule has 0 aliphatic carbocycles. The maximum Gasteiger partial charge on any atom is 0.412 e. The number of carbonyl (C=O) groups is 3. The van der Waals surface area contributed by atoms with Crippen LogP contribution in [-0.2, 0) is 4.74 Å². The minimum Gasteiger partial charge on any atom is -0.444 e. The van der Waals surface area contributed by atoms with E-state index in [4.69, 9.17) is 4.74 Å². The summed E-state index contributed by atoms with van der Waals surface area (Å²) in [6.45, 7) is 13.4. The number of para-hydroxylation sites is 2. The number of nitrogens with zero attached hydrogens (tertiary/aromatic N) is 2. The topological polar surface area (TPSA) is 113 Å². The lowest BCUT2D eigenvalue weighted by atomic mass is 10.2. The molecule has 0 atom stereocenters. The van der Waals surface area contributed by atoms with E-state index >= 15 is 0 Å². The summed E-state index contributed by atoms with van der Waals surface area (Å²) in [4.78, 5) is 44.1. The Morgan fingerprint density at radius 1 is 0.842 bits per heavy atom. The molecule has 0 saturated heterocycles. The molecular weight excluding hydrogens is 482 g/mol. The molecule has 0 fully saturated rings. The second-order valence-corrected chi connectivity index (χ2v) is 10.2. The number of pyridine rings is 1. The van der Waals surface area contributed by atoms with Crippen LogP contribution in [-0.4, -0.2) is 59.6 Å². The molecule has 0 saturated carbocycles. The number of aromatic nitrogens is 1. The van der Waals surface area contributed by atoms with E-state index in [9.17, 15) is 14.4 Å². The lowest BCUT2D eigenvalue weighted by Gasteiger charge is -2.21. The Hall–Kier alpha value is -3.46. The van der Waals surface area contributed by atoms with Crippen LogP contribution in [0.25, 0.3) is 0 Å². The van der Waals surface area contributed by atoms with Gasteiger partial charge < -0.3 is 20.3 Å². The highest BCUT2D eigenvalue weighted by Crippen LogP contribution is 2.22. The lowest BCUT2D eigenvalue weighted by Crippen LogP contribution is -2.31. The fourth-order valence-corrected chi connectivity index (χ4v) is 3.67. The number of rotatable bonds is 14. The van der Waals surface area contributed by atoms with Gasteiger partial charge in [0.15, 0.2) is 0 Å². The van der Waals surface area contributed by atoms with Gasteiger partial charge in [-0.3, -0.25) is 19.9 Å². The monoisotopic (exact) mass is 525 g/mol. The summed E-state index contributed by atoms with van der Waals surface area (Å²) in [5.74, 6) is -0.681. The summed E-state index contributed by atoms with van der Waals surface area (Å²) in [5, 5.41) is 8.33. The van der Waals surface area contributed by atoms with Gasteiger partial charge in [0.2, 0.25) is 0 Å². The third kappa shape index (κ3) is 11.3. The first-order valence-electron chi connectivity index (χ1n) is 13.5. The van der Waals surface area contributed by atoms with Crippen molar-refractivity contribution in [1.82, 2.24) is 15.2 Å². The SMILES string of the molecule is CCCCN(CCCC)CCCNC(=O)c1ccc(C(=O)Nc2ccccc2NC(=O)OC(C)(C)C)nc1. The highest BCUT2D eigenvalue weighted by molar-refractivity contribution is 6.06. The largest absolute Gasteiger partial charge is 0.444 e. The van der Waals surface area contributed by atoms with E-state index < -0.39 is 17.6 Å². The smallest absolute Gasteiger partial charge is 0.412 e. The quantitative estimate of drug-likeness (QED) is 0.273. The number of benzene rings is 1. The van der Waals surface area contributed by atoms with Crippen molar-refractivity contribution >= 4 is 29.3 Å². The van der Waals surface area contributed by atoms with Gasteiger partial charge in [-0.1, -0.05) is 38.8 Å². The van der Waals surface area contributed by atoms with Gasteiger partial charge in [0.25, 0.3) is 11.8 Å². The molecule has 3 N–H and O–H groups in total. The molecule has 0 unspecified atom stereocenters. The van der Waals surface area contributed by atoms with Crippen LogP contribution in [0.5, 0.6) is 0 Å². The van der Waals surface area contributed by atoms with Gasteiger partial charge in [-0.05, 0) is 83.9 Å². The molecule has 1 heterocycles. The second-order valence-electron chi connectivity index (χ2n) is 10.2. The normalized spacial score (nSPS) is 11.2. The highest BCUT2D eigenvalue weighted by Gasteiger charge is 2.18. The van der Waals surface area contributed by atoms with Crippen LogP contribution in [0.1, 0.15) is 87.6 Å². The van der Waals surface area contributed by atoms with Crippen LogP contribution in [0.3, 0.4) is 0 Å². The summed E-state index contributed by atoms with van der Waals surface area (Å²) in [5.41, 5.74) is 0.690. The third-order valence-electron chi connectivity index (χ3n) is 5.66. The van der Waals surface area contributed by atoms with Gasteiger partial charge in [0, 0.05) is 12.7 Å². The van der Waals surface area contributed by atoms with Gasteiger partial charge in [-0.15, -0.1) is 0 Å². The van der Waals surface area contributed by atoms with Crippen molar-refractivity contribution in [2.45, 2.75) is 72.3 Å². The van der Waals surface area contributed by atoms with E-state index in [1.165, 1.54) is 37.9 Å².